The van der Waals surface area contributed by atoms with Crippen LogP contribution in [0.3, 0.4) is 0 Å². The Morgan fingerprint density at radius 2 is 0.769 bits per heavy atom. The van der Waals surface area contributed by atoms with E-state index in [4.69, 9.17) is 0 Å². The Labute approximate surface area is 301 Å². The third-order valence-electron chi connectivity index (χ3n) is 10.3. The maximum Gasteiger partial charge on any atom is 0.0991 e. The quantitative estimate of drug-likeness (QED) is 0.181. The molecule has 10 rings (SSSR count). The minimum absolute atomic E-state index is 0.655. The molecule has 0 aliphatic carbocycles. The molecule has 0 amide bonds. The lowest BCUT2D eigenvalue weighted by Crippen LogP contribution is -1.96. The van der Waals surface area contributed by atoms with Crippen LogP contribution in [0, 0.1) is 11.3 Å². The zero-order valence-electron chi connectivity index (χ0n) is 28.2. The predicted octanol–water partition coefficient (Wildman–Crippen LogP) is 12.8. The molecule has 2 aromatic heterocycles. The van der Waals surface area contributed by atoms with E-state index >= 15 is 0 Å². The highest BCUT2D eigenvalue weighted by Crippen LogP contribution is 2.39. The van der Waals surface area contributed by atoms with Gasteiger partial charge in [-0.15, -0.1) is 0 Å². The van der Waals surface area contributed by atoms with E-state index in [-0.39, 0.29) is 0 Å². The van der Waals surface area contributed by atoms with E-state index < -0.39 is 0 Å². The van der Waals surface area contributed by atoms with E-state index in [1.807, 2.05) is 18.2 Å². The van der Waals surface area contributed by atoms with Gasteiger partial charge in [0.15, 0.2) is 0 Å². The van der Waals surface area contributed by atoms with Crippen molar-refractivity contribution >= 4 is 43.6 Å². The van der Waals surface area contributed by atoms with Crippen molar-refractivity contribution in [1.29, 1.82) is 5.26 Å². The van der Waals surface area contributed by atoms with Crippen LogP contribution >= 0.6 is 0 Å². The standard InChI is InChI=1S/C49H31N3/c50-32-33-12-10-13-34(26-33)35-14-11-15-36(27-35)38-28-39(30-41(29-38)52-46-21-7-4-18-42(46)43-19-5-8-22-47(43)52)37-24-25-49-45(31-37)44-20-6-9-23-48(44)51(49)40-16-2-1-3-17-40/h1-31H. The molecule has 0 radical (unpaired) electrons. The number of hydrogen-bond donors (Lipinski definition) is 0. The van der Waals surface area contributed by atoms with Crippen LogP contribution in [0.5, 0.6) is 0 Å². The number of fused-ring (bicyclic) bond motifs is 6. The van der Waals surface area contributed by atoms with Crippen molar-refractivity contribution < 1.29 is 0 Å². The lowest BCUT2D eigenvalue weighted by molar-refractivity contribution is 1.18. The van der Waals surface area contributed by atoms with Crippen LogP contribution in [0.1, 0.15) is 5.56 Å². The molecule has 0 spiro atoms. The van der Waals surface area contributed by atoms with Gasteiger partial charge in [0.1, 0.15) is 0 Å². The molecule has 0 bridgehead atoms. The van der Waals surface area contributed by atoms with Crippen LogP contribution in [-0.2, 0) is 0 Å². The number of para-hydroxylation sites is 4. The second kappa shape index (κ2) is 12.0. The molecule has 8 aromatic carbocycles. The molecule has 52 heavy (non-hydrogen) atoms. The van der Waals surface area contributed by atoms with Crippen molar-refractivity contribution in [2.75, 3.05) is 0 Å². The zero-order chi connectivity index (χ0) is 34.6. The molecule has 10 aromatic rings. The monoisotopic (exact) mass is 661 g/mol. The summed E-state index contributed by atoms with van der Waals surface area (Å²) in [5, 5.41) is 14.5. The summed E-state index contributed by atoms with van der Waals surface area (Å²) >= 11 is 0. The lowest BCUT2D eigenvalue weighted by Gasteiger charge is -2.15. The van der Waals surface area contributed by atoms with Crippen LogP contribution in [0.15, 0.2) is 188 Å². The Morgan fingerprint density at radius 3 is 1.40 bits per heavy atom. The van der Waals surface area contributed by atoms with Crippen molar-refractivity contribution in [3.05, 3.63) is 194 Å². The number of nitriles is 1. The van der Waals surface area contributed by atoms with Gasteiger partial charge in [0, 0.05) is 32.9 Å². The highest BCUT2D eigenvalue weighted by Gasteiger charge is 2.17. The van der Waals surface area contributed by atoms with E-state index in [0.717, 1.165) is 44.8 Å². The summed E-state index contributed by atoms with van der Waals surface area (Å²) in [7, 11) is 0. The molecule has 3 nitrogen and oxygen atoms in total. The molecule has 2 heterocycles. The molecular weight excluding hydrogens is 631 g/mol. The number of benzene rings is 8. The average Bonchev–Trinajstić information content (AvgIpc) is 3.74. The molecule has 0 saturated heterocycles. The van der Waals surface area contributed by atoms with Gasteiger partial charge in [0.25, 0.3) is 0 Å². The van der Waals surface area contributed by atoms with Crippen LogP contribution in [-0.4, -0.2) is 9.13 Å². The average molecular weight is 662 g/mol. The third kappa shape index (κ3) is 4.81. The Hall–Kier alpha value is -7.15. The van der Waals surface area contributed by atoms with Crippen molar-refractivity contribution in [3.8, 4) is 50.8 Å². The summed E-state index contributed by atoms with van der Waals surface area (Å²) in [4.78, 5) is 0. The van der Waals surface area contributed by atoms with Gasteiger partial charge in [-0.3, -0.25) is 0 Å². The summed E-state index contributed by atoms with van der Waals surface area (Å²) in [6, 6.07) is 69.3. The Balaban J connectivity index is 1.22. The summed E-state index contributed by atoms with van der Waals surface area (Å²) in [5.74, 6) is 0. The molecule has 0 saturated carbocycles. The summed E-state index contributed by atoms with van der Waals surface area (Å²) in [6.07, 6.45) is 0. The van der Waals surface area contributed by atoms with Gasteiger partial charge < -0.3 is 9.13 Å². The third-order valence-corrected chi connectivity index (χ3v) is 10.3. The van der Waals surface area contributed by atoms with Gasteiger partial charge in [-0.2, -0.15) is 5.26 Å². The van der Waals surface area contributed by atoms with Gasteiger partial charge in [-0.05, 0) is 112 Å². The molecule has 3 heteroatoms. The van der Waals surface area contributed by atoms with E-state index in [2.05, 4.69) is 185 Å². The molecule has 0 aliphatic rings. The first-order chi connectivity index (χ1) is 25.7. The minimum Gasteiger partial charge on any atom is -0.309 e. The van der Waals surface area contributed by atoms with Crippen LogP contribution in [0.2, 0.25) is 0 Å². The summed E-state index contributed by atoms with van der Waals surface area (Å²) < 4.78 is 4.76. The zero-order valence-corrected chi connectivity index (χ0v) is 28.2. The number of hydrogen-bond acceptors (Lipinski definition) is 1. The lowest BCUT2D eigenvalue weighted by atomic mass is 9.94. The van der Waals surface area contributed by atoms with E-state index in [9.17, 15) is 5.26 Å². The van der Waals surface area contributed by atoms with E-state index in [1.54, 1.807) is 0 Å². The number of rotatable bonds is 5. The molecule has 242 valence electrons. The number of aromatic nitrogens is 2. The first-order valence-electron chi connectivity index (χ1n) is 17.6. The van der Waals surface area contributed by atoms with Gasteiger partial charge in [0.05, 0.1) is 33.7 Å². The Kier molecular flexibility index (Phi) is 6.87. The molecule has 0 aliphatic heterocycles. The summed E-state index contributed by atoms with van der Waals surface area (Å²) in [6.45, 7) is 0. The maximum atomic E-state index is 9.58. The Morgan fingerprint density at radius 1 is 0.308 bits per heavy atom. The van der Waals surface area contributed by atoms with Crippen molar-refractivity contribution in [2.45, 2.75) is 0 Å². The molecule has 0 unspecified atom stereocenters. The van der Waals surface area contributed by atoms with Crippen LogP contribution < -0.4 is 0 Å². The molecule has 0 atom stereocenters. The number of nitrogens with zero attached hydrogens (tertiary/aromatic N) is 3. The largest absolute Gasteiger partial charge is 0.309 e. The van der Waals surface area contributed by atoms with Crippen molar-refractivity contribution in [1.82, 2.24) is 9.13 Å². The highest BCUT2D eigenvalue weighted by molar-refractivity contribution is 6.11. The van der Waals surface area contributed by atoms with Gasteiger partial charge in [0.2, 0.25) is 0 Å². The predicted molar refractivity (Wildman–Crippen MR) is 216 cm³/mol. The minimum atomic E-state index is 0.655. The fourth-order valence-electron chi connectivity index (χ4n) is 7.93. The van der Waals surface area contributed by atoms with Crippen molar-refractivity contribution in [2.24, 2.45) is 0 Å². The fraction of sp³-hybridized carbons (Fsp3) is 0. The second-order valence-corrected chi connectivity index (χ2v) is 13.3. The molecular formula is C49H31N3. The van der Waals surface area contributed by atoms with Crippen molar-refractivity contribution in [3.63, 3.8) is 0 Å². The second-order valence-electron chi connectivity index (χ2n) is 13.3. The van der Waals surface area contributed by atoms with Gasteiger partial charge >= 0.3 is 0 Å². The normalized spacial score (nSPS) is 11.4. The maximum absolute atomic E-state index is 9.58. The SMILES string of the molecule is N#Cc1cccc(-c2cccc(-c3cc(-c4ccc5c(c4)c4ccccc4n5-c4ccccc4)cc(-n4c5ccccc5c5ccccc54)c3)c2)c1. The van der Waals surface area contributed by atoms with E-state index in [1.165, 1.54) is 43.6 Å². The first-order valence-corrected chi connectivity index (χ1v) is 17.6. The summed E-state index contributed by atoms with van der Waals surface area (Å²) in [5.41, 5.74) is 14.3. The topological polar surface area (TPSA) is 33.6 Å². The first kappa shape index (κ1) is 29.7. The van der Waals surface area contributed by atoms with Crippen LogP contribution in [0.25, 0.3) is 88.4 Å². The van der Waals surface area contributed by atoms with Gasteiger partial charge in [-0.1, -0.05) is 109 Å². The Bertz CT molecular complexity index is 2970. The van der Waals surface area contributed by atoms with Crippen LogP contribution in [0.4, 0.5) is 0 Å². The fourth-order valence-corrected chi connectivity index (χ4v) is 7.93. The highest BCUT2D eigenvalue weighted by atomic mass is 15.0. The molecule has 0 N–H and O–H groups in total. The molecule has 0 fully saturated rings. The smallest absolute Gasteiger partial charge is 0.0991 e. The van der Waals surface area contributed by atoms with Gasteiger partial charge in [-0.25, -0.2) is 0 Å². The van der Waals surface area contributed by atoms with E-state index in [0.29, 0.717) is 5.56 Å².